The Bertz CT molecular complexity index is 1210. The molecule has 5 rings (SSSR count). The Kier molecular flexibility index (Phi) is 5.38. The quantitative estimate of drug-likeness (QED) is 0.430. The first-order chi connectivity index (χ1) is 15.1. The highest BCUT2D eigenvalue weighted by molar-refractivity contribution is 6.31. The number of aromatic nitrogens is 3. The van der Waals surface area contributed by atoms with E-state index in [1.165, 1.54) is 0 Å². The number of hydrogen-bond acceptors (Lipinski definition) is 4. The fraction of sp³-hybridized carbons (Fsp3) is 0.280. The zero-order valence-corrected chi connectivity index (χ0v) is 18.2. The van der Waals surface area contributed by atoms with Crippen molar-refractivity contribution in [2.75, 3.05) is 5.32 Å². The maximum absolute atomic E-state index is 9.86. The topological polar surface area (TPSA) is 63.0 Å². The van der Waals surface area contributed by atoms with E-state index in [4.69, 9.17) is 11.6 Å². The van der Waals surface area contributed by atoms with Gasteiger partial charge >= 0.3 is 0 Å². The molecule has 2 aromatic carbocycles. The number of benzene rings is 2. The summed E-state index contributed by atoms with van der Waals surface area (Å²) in [4.78, 5) is 9.27. The molecule has 1 aliphatic rings. The van der Waals surface area contributed by atoms with Gasteiger partial charge in [0.1, 0.15) is 12.1 Å². The minimum Gasteiger partial charge on any atom is -0.393 e. The molecule has 4 aromatic rings. The lowest BCUT2D eigenvalue weighted by Gasteiger charge is -2.26. The van der Waals surface area contributed by atoms with Crippen molar-refractivity contribution in [2.45, 2.75) is 44.8 Å². The van der Waals surface area contributed by atoms with E-state index in [0.717, 1.165) is 69.9 Å². The first-order valence-corrected chi connectivity index (χ1v) is 11.1. The third-order valence-electron chi connectivity index (χ3n) is 6.14. The van der Waals surface area contributed by atoms with E-state index in [9.17, 15) is 5.11 Å². The maximum atomic E-state index is 9.86. The average molecular weight is 433 g/mol. The fourth-order valence-corrected chi connectivity index (χ4v) is 4.52. The third kappa shape index (κ3) is 3.91. The van der Waals surface area contributed by atoms with E-state index >= 15 is 0 Å². The minimum atomic E-state index is -0.185. The zero-order chi connectivity index (χ0) is 21.4. The predicted octanol–water partition coefficient (Wildman–Crippen LogP) is 5.76. The van der Waals surface area contributed by atoms with Crippen molar-refractivity contribution in [3.8, 4) is 16.8 Å². The Balaban J connectivity index is 1.66. The van der Waals surface area contributed by atoms with Crippen LogP contribution in [0.4, 0.5) is 5.82 Å². The Labute approximate surface area is 186 Å². The van der Waals surface area contributed by atoms with Crippen LogP contribution in [0.3, 0.4) is 0 Å². The smallest absolute Gasteiger partial charge is 0.150 e. The lowest BCUT2D eigenvalue weighted by atomic mass is 9.93. The number of halogens is 1. The molecule has 0 radical (unpaired) electrons. The normalized spacial score (nSPS) is 18.9. The Morgan fingerprint density at radius 1 is 1.03 bits per heavy atom. The third-order valence-corrected chi connectivity index (χ3v) is 6.55. The molecule has 2 heterocycles. The molecule has 0 saturated heterocycles. The van der Waals surface area contributed by atoms with Gasteiger partial charge in [-0.3, -0.25) is 0 Å². The molecule has 1 aliphatic carbocycles. The van der Waals surface area contributed by atoms with Gasteiger partial charge in [0.15, 0.2) is 5.65 Å². The Hall–Kier alpha value is -2.89. The van der Waals surface area contributed by atoms with Crippen LogP contribution in [0, 0.1) is 6.92 Å². The van der Waals surface area contributed by atoms with Crippen LogP contribution in [0.15, 0.2) is 61.1 Å². The van der Waals surface area contributed by atoms with Crippen molar-refractivity contribution in [3.05, 3.63) is 71.6 Å². The molecule has 0 atom stereocenters. The molecule has 0 spiro atoms. The first-order valence-electron chi connectivity index (χ1n) is 10.7. The van der Waals surface area contributed by atoms with Crippen LogP contribution in [-0.4, -0.2) is 31.8 Å². The number of aliphatic hydroxyl groups excluding tert-OH is 1. The monoisotopic (exact) mass is 432 g/mol. The number of anilines is 1. The van der Waals surface area contributed by atoms with E-state index in [1.807, 2.05) is 37.3 Å². The molecule has 1 fully saturated rings. The number of fused-ring (bicyclic) bond motifs is 1. The lowest BCUT2D eigenvalue weighted by Crippen LogP contribution is -2.28. The summed E-state index contributed by atoms with van der Waals surface area (Å²) in [6.07, 6.45) is 7.05. The largest absolute Gasteiger partial charge is 0.393 e. The zero-order valence-electron chi connectivity index (χ0n) is 17.4. The van der Waals surface area contributed by atoms with Gasteiger partial charge in [-0.2, -0.15) is 0 Å². The van der Waals surface area contributed by atoms with Crippen LogP contribution >= 0.6 is 11.6 Å². The highest BCUT2D eigenvalue weighted by Gasteiger charge is 2.23. The van der Waals surface area contributed by atoms with Crippen molar-refractivity contribution < 1.29 is 5.11 Å². The summed E-state index contributed by atoms with van der Waals surface area (Å²) in [6, 6.07) is 16.7. The fourth-order valence-electron chi connectivity index (χ4n) is 4.35. The highest BCUT2D eigenvalue weighted by Crippen LogP contribution is 2.36. The standard InChI is InChI=1S/C25H25ClN4O/c1-16-7-10-19(13-22(16)26)30-14-21(17-5-3-2-4-6-17)23-24(27-15-28-25(23)30)29-18-8-11-20(31)12-9-18/h2-7,10,13-15,18,20,31H,8-9,11-12H2,1H3,(H,27,28,29). The molecule has 31 heavy (non-hydrogen) atoms. The molecular weight excluding hydrogens is 408 g/mol. The molecular formula is C25H25ClN4O. The molecule has 6 heteroatoms. The van der Waals surface area contributed by atoms with Crippen LogP contribution in [-0.2, 0) is 0 Å². The number of nitrogens with one attached hydrogen (secondary N) is 1. The predicted molar refractivity (Wildman–Crippen MR) is 126 cm³/mol. The number of hydrogen-bond donors (Lipinski definition) is 2. The van der Waals surface area contributed by atoms with Gasteiger partial charge in [-0.05, 0) is 55.9 Å². The molecule has 0 bridgehead atoms. The molecule has 1 saturated carbocycles. The van der Waals surface area contributed by atoms with E-state index in [1.54, 1.807) is 6.33 Å². The number of nitrogens with zero attached hydrogens (tertiary/aromatic N) is 3. The highest BCUT2D eigenvalue weighted by atomic mass is 35.5. The van der Waals surface area contributed by atoms with Gasteiger partial charge < -0.3 is 15.0 Å². The van der Waals surface area contributed by atoms with Gasteiger partial charge in [-0.25, -0.2) is 9.97 Å². The van der Waals surface area contributed by atoms with Crippen LogP contribution in [0.5, 0.6) is 0 Å². The van der Waals surface area contributed by atoms with Gasteiger partial charge in [0, 0.05) is 28.5 Å². The number of aliphatic hydroxyl groups is 1. The summed E-state index contributed by atoms with van der Waals surface area (Å²) >= 11 is 6.43. The van der Waals surface area contributed by atoms with E-state index < -0.39 is 0 Å². The first kappa shape index (κ1) is 20.0. The second-order valence-electron chi connectivity index (χ2n) is 8.28. The van der Waals surface area contributed by atoms with Gasteiger partial charge in [-0.1, -0.05) is 48.0 Å². The molecule has 0 amide bonds. The van der Waals surface area contributed by atoms with Crippen LogP contribution in [0.2, 0.25) is 5.02 Å². The summed E-state index contributed by atoms with van der Waals surface area (Å²) in [5, 5.41) is 15.2. The number of aryl methyl sites for hydroxylation is 1. The minimum absolute atomic E-state index is 0.185. The van der Waals surface area contributed by atoms with Gasteiger partial charge in [0.2, 0.25) is 0 Å². The van der Waals surface area contributed by atoms with Gasteiger partial charge in [0.25, 0.3) is 0 Å². The van der Waals surface area contributed by atoms with E-state index in [-0.39, 0.29) is 6.10 Å². The van der Waals surface area contributed by atoms with E-state index in [2.05, 4.69) is 44.2 Å². The van der Waals surface area contributed by atoms with Crippen molar-refractivity contribution in [1.29, 1.82) is 0 Å². The molecule has 2 aromatic heterocycles. The van der Waals surface area contributed by atoms with Crippen molar-refractivity contribution in [3.63, 3.8) is 0 Å². The second-order valence-corrected chi connectivity index (χ2v) is 8.69. The van der Waals surface area contributed by atoms with Crippen LogP contribution < -0.4 is 5.32 Å². The molecule has 5 nitrogen and oxygen atoms in total. The molecule has 0 aliphatic heterocycles. The van der Waals surface area contributed by atoms with Gasteiger partial charge in [-0.15, -0.1) is 0 Å². The summed E-state index contributed by atoms with van der Waals surface area (Å²) in [5.41, 5.74) is 5.04. The number of rotatable bonds is 4. The van der Waals surface area contributed by atoms with Crippen molar-refractivity contribution >= 4 is 28.5 Å². The van der Waals surface area contributed by atoms with E-state index in [0.29, 0.717) is 6.04 Å². The summed E-state index contributed by atoms with van der Waals surface area (Å²) in [5.74, 6) is 0.835. The summed E-state index contributed by atoms with van der Waals surface area (Å²) in [6.45, 7) is 2.00. The maximum Gasteiger partial charge on any atom is 0.150 e. The molecule has 0 unspecified atom stereocenters. The lowest BCUT2D eigenvalue weighted by molar-refractivity contribution is 0.126. The van der Waals surface area contributed by atoms with Crippen molar-refractivity contribution in [2.24, 2.45) is 0 Å². The SMILES string of the molecule is Cc1ccc(-n2cc(-c3ccccc3)c3c(NC4CCC(O)CC4)ncnc32)cc1Cl. The Morgan fingerprint density at radius 3 is 2.55 bits per heavy atom. The Morgan fingerprint density at radius 2 is 1.81 bits per heavy atom. The van der Waals surface area contributed by atoms with Gasteiger partial charge in [0.05, 0.1) is 11.5 Å². The molecule has 2 N–H and O–H groups in total. The van der Waals surface area contributed by atoms with Crippen LogP contribution in [0.25, 0.3) is 27.8 Å². The van der Waals surface area contributed by atoms with Crippen molar-refractivity contribution in [1.82, 2.24) is 14.5 Å². The van der Waals surface area contributed by atoms with Crippen LogP contribution in [0.1, 0.15) is 31.2 Å². The summed E-state index contributed by atoms with van der Waals surface area (Å²) in [7, 11) is 0. The average Bonchev–Trinajstić information content (AvgIpc) is 3.19. The molecule has 158 valence electrons. The summed E-state index contributed by atoms with van der Waals surface area (Å²) < 4.78 is 2.08. The second kappa shape index (κ2) is 8.33.